The van der Waals surface area contributed by atoms with Crippen LogP contribution in [-0.2, 0) is 17.8 Å². The van der Waals surface area contributed by atoms with Crippen LogP contribution in [0.15, 0.2) is 53.7 Å². The fraction of sp³-hybridized carbons (Fsp3) is 0.250. The van der Waals surface area contributed by atoms with Crippen LogP contribution in [0.3, 0.4) is 0 Å². The maximum atomic E-state index is 12.3. The van der Waals surface area contributed by atoms with Crippen LogP contribution >= 0.6 is 11.8 Å². The lowest BCUT2D eigenvalue weighted by atomic mass is 10.1. The molecule has 26 heavy (non-hydrogen) atoms. The summed E-state index contributed by atoms with van der Waals surface area (Å²) >= 11 is 1.41. The van der Waals surface area contributed by atoms with Crippen molar-refractivity contribution in [1.29, 1.82) is 0 Å². The smallest absolute Gasteiger partial charge is 0.191 e. The summed E-state index contributed by atoms with van der Waals surface area (Å²) in [7, 11) is 0. The highest BCUT2D eigenvalue weighted by Crippen LogP contribution is 2.25. The molecular weight excluding hydrogens is 346 g/mol. The highest BCUT2D eigenvalue weighted by atomic mass is 32.2. The van der Waals surface area contributed by atoms with Crippen molar-refractivity contribution in [3.8, 4) is 17.1 Å². The molecule has 5 nitrogen and oxygen atoms in total. The molecule has 3 aromatic rings. The number of Topliss-reactive ketones (excluding diaryl/α,β-unsaturated/α-hetero) is 1. The van der Waals surface area contributed by atoms with Crippen LogP contribution in [0.4, 0.5) is 0 Å². The summed E-state index contributed by atoms with van der Waals surface area (Å²) in [6.45, 7) is 4.76. The standard InChI is InChI=1S/C20H21N3O2S/c1-3-23-19(16-8-10-17(24)11-9-16)21-22-20(23)26-13-18(25)12-15-6-4-14(2)5-7-15/h4-11,24H,3,12-13H2,1-2H3. The Hall–Kier alpha value is -2.60. The molecule has 0 bridgehead atoms. The maximum Gasteiger partial charge on any atom is 0.191 e. The molecule has 0 amide bonds. The van der Waals surface area contributed by atoms with Gasteiger partial charge in [-0.2, -0.15) is 0 Å². The van der Waals surface area contributed by atoms with Crippen molar-refractivity contribution in [2.75, 3.05) is 5.75 Å². The van der Waals surface area contributed by atoms with Gasteiger partial charge in [0, 0.05) is 18.5 Å². The first-order valence-electron chi connectivity index (χ1n) is 8.49. The molecule has 0 unspecified atom stereocenters. The van der Waals surface area contributed by atoms with Crippen molar-refractivity contribution in [3.63, 3.8) is 0 Å². The molecule has 3 rings (SSSR count). The molecule has 1 N–H and O–H groups in total. The number of hydrogen-bond acceptors (Lipinski definition) is 5. The molecule has 0 aliphatic carbocycles. The van der Waals surface area contributed by atoms with Gasteiger partial charge >= 0.3 is 0 Å². The lowest BCUT2D eigenvalue weighted by Gasteiger charge is -2.07. The third kappa shape index (κ3) is 4.32. The van der Waals surface area contributed by atoms with Crippen molar-refractivity contribution < 1.29 is 9.90 Å². The molecule has 0 aliphatic rings. The highest BCUT2D eigenvalue weighted by Gasteiger charge is 2.14. The second kappa shape index (κ2) is 8.19. The molecule has 0 radical (unpaired) electrons. The molecule has 1 aromatic heterocycles. The second-order valence-corrected chi connectivity index (χ2v) is 7.03. The molecule has 0 spiro atoms. The molecule has 2 aromatic carbocycles. The van der Waals surface area contributed by atoms with E-state index in [0.717, 1.165) is 22.1 Å². The second-order valence-electron chi connectivity index (χ2n) is 6.09. The normalized spacial score (nSPS) is 10.8. The molecular formula is C20H21N3O2S. The summed E-state index contributed by atoms with van der Waals surface area (Å²) in [4.78, 5) is 12.3. The van der Waals surface area contributed by atoms with Crippen LogP contribution in [0.2, 0.25) is 0 Å². The van der Waals surface area contributed by atoms with E-state index in [4.69, 9.17) is 0 Å². The van der Waals surface area contributed by atoms with E-state index in [1.165, 1.54) is 17.3 Å². The average molecular weight is 367 g/mol. The van der Waals surface area contributed by atoms with Gasteiger partial charge in [0.2, 0.25) is 0 Å². The van der Waals surface area contributed by atoms with Gasteiger partial charge in [-0.05, 0) is 43.7 Å². The number of aromatic hydroxyl groups is 1. The van der Waals surface area contributed by atoms with Crippen LogP contribution in [0, 0.1) is 6.92 Å². The number of phenolic OH excluding ortho intramolecular Hbond substituents is 1. The lowest BCUT2D eigenvalue weighted by Crippen LogP contribution is -2.07. The van der Waals surface area contributed by atoms with Crippen molar-refractivity contribution >= 4 is 17.5 Å². The van der Waals surface area contributed by atoms with E-state index in [1.807, 2.05) is 54.8 Å². The Kier molecular flexibility index (Phi) is 5.73. The number of hydrogen-bond donors (Lipinski definition) is 1. The Balaban J connectivity index is 1.67. The fourth-order valence-electron chi connectivity index (χ4n) is 2.63. The van der Waals surface area contributed by atoms with Crippen LogP contribution in [-0.4, -0.2) is 31.4 Å². The first-order chi connectivity index (χ1) is 12.6. The first-order valence-corrected chi connectivity index (χ1v) is 9.48. The number of phenols is 1. The van der Waals surface area contributed by atoms with Crippen molar-refractivity contribution in [2.45, 2.75) is 32.0 Å². The third-order valence-corrected chi connectivity index (χ3v) is 5.07. The number of thioether (sulfide) groups is 1. The number of aromatic nitrogens is 3. The molecule has 134 valence electrons. The fourth-order valence-corrected chi connectivity index (χ4v) is 3.50. The SMILES string of the molecule is CCn1c(SCC(=O)Cc2ccc(C)cc2)nnc1-c1ccc(O)cc1. The zero-order valence-corrected chi connectivity index (χ0v) is 15.7. The van der Waals surface area contributed by atoms with Crippen LogP contribution < -0.4 is 0 Å². The van der Waals surface area contributed by atoms with E-state index in [2.05, 4.69) is 10.2 Å². The van der Waals surface area contributed by atoms with Crippen molar-refractivity contribution in [2.24, 2.45) is 0 Å². The van der Waals surface area contributed by atoms with E-state index in [-0.39, 0.29) is 11.5 Å². The molecule has 0 saturated carbocycles. The summed E-state index contributed by atoms with van der Waals surface area (Å²) in [6.07, 6.45) is 0.429. The van der Waals surface area contributed by atoms with Crippen molar-refractivity contribution in [3.05, 3.63) is 59.7 Å². The Morgan fingerprint density at radius 3 is 2.42 bits per heavy atom. The summed E-state index contributed by atoms with van der Waals surface area (Å²) < 4.78 is 1.98. The number of carbonyl (C=O) groups excluding carboxylic acids is 1. The minimum Gasteiger partial charge on any atom is -0.508 e. The minimum atomic E-state index is 0.163. The first kappa shape index (κ1) is 18.2. The van der Waals surface area contributed by atoms with E-state index in [0.29, 0.717) is 18.7 Å². The summed E-state index contributed by atoms with van der Waals surface area (Å²) in [5.74, 6) is 1.48. The van der Waals surface area contributed by atoms with Gasteiger partial charge < -0.3 is 9.67 Å². The molecule has 0 saturated heterocycles. The topological polar surface area (TPSA) is 68.0 Å². The summed E-state index contributed by atoms with van der Waals surface area (Å²) in [5, 5.41) is 18.7. The monoisotopic (exact) mass is 367 g/mol. The molecule has 0 atom stereocenters. The van der Waals surface area contributed by atoms with Crippen LogP contribution in [0.25, 0.3) is 11.4 Å². The Morgan fingerprint density at radius 1 is 1.08 bits per heavy atom. The zero-order chi connectivity index (χ0) is 18.5. The number of rotatable bonds is 7. The highest BCUT2D eigenvalue weighted by molar-refractivity contribution is 7.99. The largest absolute Gasteiger partial charge is 0.508 e. The average Bonchev–Trinajstić information content (AvgIpc) is 3.05. The Bertz CT molecular complexity index is 886. The van der Waals surface area contributed by atoms with E-state index < -0.39 is 0 Å². The quantitative estimate of drug-likeness (QED) is 0.642. The van der Waals surface area contributed by atoms with Gasteiger partial charge in [0.25, 0.3) is 0 Å². The predicted molar refractivity (Wildman–Crippen MR) is 103 cm³/mol. The Labute approximate surface area is 157 Å². The lowest BCUT2D eigenvalue weighted by molar-refractivity contribution is -0.116. The number of aryl methyl sites for hydroxylation is 1. The van der Waals surface area contributed by atoms with Gasteiger partial charge in [0.1, 0.15) is 11.5 Å². The van der Waals surface area contributed by atoms with E-state index in [1.54, 1.807) is 12.1 Å². The van der Waals surface area contributed by atoms with Crippen LogP contribution in [0.1, 0.15) is 18.1 Å². The van der Waals surface area contributed by atoms with Crippen molar-refractivity contribution in [1.82, 2.24) is 14.8 Å². The third-order valence-electron chi connectivity index (χ3n) is 4.04. The van der Waals surface area contributed by atoms with Gasteiger partial charge in [-0.15, -0.1) is 10.2 Å². The van der Waals surface area contributed by atoms with Gasteiger partial charge in [0.15, 0.2) is 11.0 Å². The van der Waals surface area contributed by atoms with Crippen LogP contribution in [0.5, 0.6) is 5.75 Å². The molecule has 0 aliphatic heterocycles. The molecule has 1 heterocycles. The molecule has 6 heteroatoms. The zero-order valence-electron chi connectivity index (χ0n) is 14.8. The van der Waals surface area contributed by atoms with E-state index in [9.17, 15) is 9.90 Å². The predicted octanol–water partition coefficient (Wildman–Crippen LogP) is 3.88. The summed E-state index contributed by atoms with van der Waals surface area (Å²) in [5.41, 5.74) is 3.10. The maximum absolute atomic E-state index is 12.3. The van der Waals surface area contributed by atoms with Gasteiger partial charge in [0.05, 0.1) is 5.75 Å². The molecule has 0 fully saturated rings. The number of benzene rings is 2. The number of ketones is 1. The Morgan fingerprint density at radius 2 is 1.77 bits per heavy atom. The number of carbonyl (C=O) groups is 1. The van der Waals surface area contributed by atoms with Gasteiger partial charge in [-0.1, -0.05) is 41.6 Å². The van der Waals surface area contributed by atoms with Gasteiger partial charge in [-0.25, -0.2) is 0 Å². The van der Waals surface area contributed by atoms with E-state index >= 15 is 0 Å². The van der Waals surface area contributed by atoms with Gasteiger partial charge in [-0.3, -0.25) is 4.79 Å². The minimum absolute atomic E-state index is 0.163. The number of nitrogens with zero attached hydrogens (tertiary/aromatic N) is 3. The summed E-state index contributed by atoms with van der Waals surface area (Å²) in [6, 6.07) is 14.9.